The molecular weight excluding hydrogens is 248 g/mol. The van der Waals surface area contributed by atoms with Gasteiger partial charge in [0.1, 0.15) is 11.8 Å². The van der Waals surface area contributed by atoms with Gasteiger partial charge in [-0.1, -0.05) is 32.3 Å². The minimum atomic E-state index is 0.613. The van der Waals surface area contributed by atoms with Crippen molar-refractivity contribution in [2.75, 3.05) is 7.11 Å². The number of methoxy groups -OCH3 is 1. The second-order valence-electron chi connectivity index (χ2n) is 5.59. The van der Waals surface area contributed by atoms with E-state index >= 15 is 0 Å². The summed E-state index contributed by atoms with van der Waals surface area (Å²) in [6.07, 6.45) is 6.59. The molecule has 108 valence electrons. The molecule has 0 spiro atoms. The summed E-state index contributed by atoms with van der Waals surface area (Å²) in [7, 11) is 1.60. The van der Waals surface area contributed by atoms with Crippen LogP contribution in [0.3, 0.4) is 0 Å². The highest BCUT2D eigenvalue weighted by molar-refractivity contribution is 5.45. The SMILES string of the molecule is CCC1CCCCC1NCc1ccc(OC)c(C#N)c1. The molecule has 20 heavy (non-hydrogen) atoms. The molecule has 0 saturated heterocycles. The van der Waals surface area contributed by atoms with Gasteiger partial charge >= 0.3 is 0 Å². The van der Waals surface area contributed by atoms with Crippen LogP contribution in [-0.4, -0.2) is 13.2 Å². The Labute approximate surface area is 121 Å². The van der Waals surface area contributed by atoms with E-state index in [1.807, 2.05) is 18.2 Å². The summed E-state index contributed by atoms with van der Waals surface area (Å²) < 4.78 is 5.18. The number of rotatable bonds is 5. The Morgan fingerprint density at radius 2 is 2.15 bits per heavy atom. The fourth-order valence-electron chi connectivity index (χ4n) is 3.17. The van der Waals surface area contributed by atoms with Gasteiger partial charge in [0.15, 0.2) is 0 Å². The molecule has 0 bridgehead atoms. The van der Waals surface area contributed by atoms with Crippen LogP contribution >= 0.6 is 0 Å². The lowest BCUT2D eigenvalue weighted by atomic mass is 9.83. The highest BCUT2D eigenvalue weighted by atomic mass is 16.5. The maximum absolute atomic E-state index is 9.12. The normalized spacial score (nSPS) is 22.2. The first kappa shape index (κ1) is 14.9. The highest BCUT2D eigenvalue weighted by Crippen LogP contribution is 2.27. The zero-order chi connectivity index (χ0) is 14.4. The van der Waals surface area contributed by atoms with Crippen molar-refractivity contribution in [1.29, 1.82) is 5.26 Å². The van der Waals surface area contributed by atoms with E-state index in [-0.39, 0.29) is 0 Å². The Hall–Kier alpha value is -1.53. The number of benzene rings is 1. The van der Waals surface area contributed by atoms with Crippen molar-refractivity contribution in [3.05, 3.63) is 29.3 Å². The molecule has 0 heterocycles. The molecule has 1 aromatic rings. The molecular formula is C17H24N2O. The van der Waals surface area contributed by atoms with Gasteiger partial charge in [0.2, 0.25) is 0 Å². The molecule has 2 rings (SSSR count). The van der Waals surface area contributed by atoms with Crippen LogP contribution in [0.5, 0.6) is 5.75 Å². The topological polar surface area (TPSA) is 45.0 Å². The number of ether oxygens (including phenoxy) is 1. The van der Waals surface area contributed by atoms with E-state index in [9.17, 15) is 0 Å². The predicted octanol–water partition coefficient (Wildman–Crippen LogP) is 3.63. The second-order valence-corrected chi connectivity index (χ2v) is 5.59. The van der Waals surface area contributed by atoms with Crippen molar-refractivity contribution in [2.24, 2.45) is 5.92 Å². The third kappa shape index (κ3) is 3.52. The van der Waals surface area contributed by atoms with Crippen molar-refractivity contribution in [1.82, 2.24) is 5.32 Å². The Morgan fingerprint density at radius 3 is 2.85 bits per heavy atom. The number of nitrogens with zero attached hydrogens (tertiary/aromatic N) is 1. The first-order chi connectivity index (χ1) is 9.78. The molecule has 0 amide bonds. The minimum Gasteiger partial charge on any atom is -0.495 e. The van der Waals surface area contributed by atoms with Gasteiger partial charge < -0.3 is 10.1 Å². The summed E-state index contributed by atoms with van der Waals surface area (Å²) in [5.41, 5.74) is 1.77. The molecule has 1 aromatic carbocycles. The van der Waals surface area contributed by atoms with E-state index in [1.54, 1.807) is 7.11 Å². The van der Waals surface area contributed by atoms with E-state index in [0.29, 0.717) is 17.4 Å². The first-order valence-corrected chi connectivity index (χ1v) is 7.58. The van der Waals surface area contributed by atoms with Crippen molar-refractivity contribution in [3.8, 4) is 11.8 Å². The van der Waals surface area contributed by atoms with Crippen LogP contribution in [0.15, 0.2) is 18.2 Å². The van der Waals surface area contributed by atoms with Crippen molar-refractivity contribution in [2.45, 2.75) is 51.6 Å². The second kappa shape index (κ2) is 7.31. The van der Waals surface area contributed by atoms with Gasteiger partial charge in [-0.05, 0) is 36.5 Å². The zero-order valence-electron chi connectivity index (χ0n) is 12.5. The predicted molar refractivity (Wildman–Crippen MR) is 80.6 cm³/mol. The van der Waals surface area contributed by atoms with E-state index in [4.69, 9.17) is 10.00 Å². The van der Waals surface area contributed by atoms with Crippen LogP contribution in [0.4, 0.5) is 0 Å². The molecule has 3 nitrogen and oxygen atoms in total. The third-order valence-electron chi connectivity index (χ3n) is 4.39. The Kier molecular flexibility index (Phi) is 5.43. The average molecular weight is 272 g/mol. The standard InChI is InChI=1S/C17H24N2O/c1-3-14-6-4-5-7-16(14)19-12-13-8-9-17(20-2)15(10-13)11-18/h8-10,14,16,19H,3-7,12H2,1-2H3. The lowest BCUT2D eigenvalue weighted by Gasteiger charge is -2.31. The van der Waals surface area contributed by atoms with Gasteiger partial charge in [-0.3, -0.25) is 0 Å². The number of hydrogen-bond acceptors (Lipinski definition) is 3. The maximum atomic E-state index is 9.12. The van der Waals surface area contributed by atoms with E-state index in [0.717, 1.165) is 18.0 Å². The van der Waals surface area contributed by atoms with E-state index in [2.05, 4.69) is 18.3 Å². The van der Waals surface area contributed by atoms with Gasteiger partial charge in [-0.25, -0.2) is 0 Å². The summed E-state index contributed by atoms with van der Waals surface area (Å²) in [5.74, 6) is 1.46. The summed E-state index contributed by atoms with van der Waals surface area (Å²) in [6, 6.07) is 8.67. The van der Waals surface area contributed by atoms with Crippen molar-refractivity contribution >= 4 is 0 Å². The zero-order valence-corrected chi connectivity index (χ0v) is 12.5. The largest absolute Gasteiger partial charge is 0.495 e. The summed E-state index contributed by atoms with van der Waals surface area (Å²) >= 11 is 0. The quantitative estimate of drug-likeness (QED) is 0.890. The van der Waals surface area contributed by atoms with Crippen LogP contribution in [0.25, 0.3) is 0 Å². The lowest BCUT2D eigenvalue weighted by Crippen LogP contribution is -2.37. The van der Waals surface area contributed by atoms with Crippen LogP contribution in [-0.2, 0) is 6.54 Å². The molecule has 1 aliphatic rings. The van der Waals surface area contributed by atoms with Crippen molar-refractivity contribution in [3.63, 3.8) is 0 Å². The fourth-order valence-corrected chi connectivity index (χ4v) is 3.17. The third-order valence-corrected chi connectivity index (χ3v) is 4.39. The molecule has 1 saturated carbocycles. The molecule has 0 aromatic heterocycles. The monoisotopic (exact) mass is 272 g/mol. The lowest BCUT2D eigenvalue weighted by molar-refractivity contribution is 0.254. The first-order valence-electron chi connectivity index (χ1n) is 7.58. The summed E-state index contributed by atoms with van der Waals surface area (Å²) in [6.45, 7) is 3.12. The Morgan fingerprint density at radius 1 is 1.35 bits per heavy atom. The van der Waals surface area contributed by atoms with Crippen LogP contribution in [0.2, 0.25) is 0 Å². The van der Waals surface area contributed by atoms with Crippen LogP contribution < -0.4 is 10.1 Å². The minimum absolute atomic E-state index is 0.613. The maximum Gasteiger partial charge on any atom is 0.136 e. The smallest absolute Gasteiger partial charge is 0.136 e. The van der Waals surface area contributed by atoms with Crippen LogP contribution in [0, 0.1) is 17.2 Å². The van der Waals surface area contributed by atoms with Gasteiger partial charge in [0.25, 0.3) is 0 Å². The number of nitrogens with one attached hydrogen (secondary N) is 1. The molecule has 0 aliphatic heterocycles. The molecule has 1 fully saturated rings. The molecule has 2 unspecified atom stereocenters. The molecule has 2 atom stereocenters. The summed E-state index contributed by atoms with van der Waals surface area (Å²) in [5, 5.41) is 12.8. The fraction of sp³-hybridized carbons (Fsp3) is 0.588. The summed E-state index contributed by atoms with van der Waals surface area (Å²) in [4.78, 5) is 0. The van der Waals surface area contributed by atoms with Gasteiger partial charge in [0.05, 0.1) is 12.7 Å². The molecule has 1 aliphatic carbocycles. The van der Waals surface area contributed by atoms with E-state index < -0.39 is 0 Å². The van der Waals surface area contributed by atoms with Gasteiger partial charge in [-0.2, -0.15) is 5.26 Å². The average Bonchev–Trinajstić information content (AvgIpc) is 2.52. The Balaban J connectivity index is 1.98. The molecule has 3 heteroatoms. The molecule has 1 N–H and O–H groups in total. The van der Waals surface area contributed by atoms with E-state index in [1.165, 1.54) is 32.1 Å². The molecule has 0 radical (unpaired) electrons. The number of nitriles is 1. The van der Waals surface area contributed by atoms with Crippen molar-refractivity contribution < 1.29 is 4.74 Å². The highest BCUT2D eigenvalue weighted by Gasteiger charge is 2.22. The number of hydrogen-bond donors (Lipinski definition) is 1. The van der Waals surface area contributed by atoms with Gasteiger partial charge in [0, 0.05) is 12.6 Å². The Bertz CT molecular complexity index is 478. The van der Waals surface area contributed by atoms with Crippen LogP contribution in [0.1, 0.15) is 50.2 Å². The van der Waals surface area contributed by atoms with Gasteiger partial charge in [-0.15, -0.1) is 0 Å².